The highest BCUT2D eigenvalue weighted by Crippen LogP contribution is 2.28. The van der Waals surface area contributed by atoms with E-state index in [1.165, 1.54) is 25.7 Å². The van der Waals surface area contributed by atoms with Gasteiger partial charge in [0.1, 0.15) is 5.82 Å². The third-order valence-electron chi connectivity index (χ3n) is 3.77. The lowest BCUT2D eigenvalue weighted by Crippen LogP contribution is -2.37. The van der Waals surface area contributed by atoms with Crippen LogP contribution in [0.4, 0.5) is 5.82 Å². The average molecular weight is 276 g/mol. The summed E-state index contributed by atoms with van der Waals surface area (Å²) in [4.78, 5) is 6.87. The van der Waals surface area contributed by atoms with Crippen LogP contribution in [0.15, 0.2) is 23.5 Å². The van der Waals surface area contributed by atoms with Crippen molar-refractivity contribution in [1.82, 2.24) is 4.98 Å². The van der Waals surface area contributed by atoms with E-state index in [2.05, 4.69) is 28.9 Å². The summed E-state index contributed by atoms with van der Waals surface area (Å²) in [5.41, 5.74) is 6.38. The maximum Gasteiger partial charge on any atom is 0.170 e. The molecule has 0 radical (unpaired) electrons. The van der Waals surface area contributed by atoms with Gasteiger partial charge in [-0.2, -0.15) is 0 Å². The molecule has 0 spiro atoms. The third kappa shape index (κ3) is 3.40. The van der Waals surface area contributed by atoms with Gasteiger partial charge in [0, 0.05) is 24.3 Å². The van der Waals surface area contributed by atoms with E-state index in [1.54, 1.807) is 12.3 Å². The molecular weight excluding hydrogens is 252 g/mol. The second-order valence-electron chi connectivity index (χ2n) is 5.87. The van der Waals surface area contributed by atoms with Crippen LogP contribution in [0.3, 0.4) is 0 Å². The zero-order valence-corrected chi connectivity index (χ0v) is 12.3. The average Bonchev–Trinajstić information content (AvgIpc) is 2.97. The van der Waals surface area contributed by atoms with Crippen LogP contribution in [0, 0.1) is 5.92 Å². The highest BCUT2D eigenvalue weighted by atomic mass is 16.4. The molecule has 0 bridgehead atoms. The summed E-state index contributed by atoms with van der Waals surface area (Å²) in [6.45, 7) is 5.42. The van der Waals surface area contributed by atoms with Gasteiger partial charge in [0.25, 0.3) is 0 Å². The monoisotopic (exact) mass is 276 g/mol. The first-order chi connectivity index (χ1) is 9.61. The lowest BCUT2D eigenvalue weighted by atomic mass is 10.1. The number of anilines is 1. The van der Waals surface area contributed by atoms with Gasteiger partial charge in [0.2, 0.25) is 0 Å². The molecule has 1 aromatic rings. The van der Waals surface area contributed by atoms with Crippen LogP contribution >= 0.6 is 0 Å². The van der Waals surface area contributed by atoms with E-state index < -0.39 is 0 Å². The van der Waals surface area contributed by atoms with Crippen molar-refractivity contribution < 1.29 is 5.21 Å². The summed E-state index contributed by atoms with van der Waals surface area (Å²) in [6, 6.07) is 4.24. The summed E-state index contributed by atoms with van der Waals surface area (Å²) in [5, 5.41) is 11.9. The number of nitrogens with zero attached hydrogens (tertiary/aromatic N) is 3. The topological polar surface area (TPSA) is 74.7 Å². The minimum atomic E-state index is 0.129. The molecule has 3 N–H and O–H groups in total. The molecule has 0 aliphatic heterocycles. The van der Waals surface area contributed by atoms with E-state index in [1.807, 2.05) is 6.07 Å². The molecule has 1 saturated carbocycles. The SMILES string of the molecule is CC(C)CN(c1cc(/C(N)=N/O)ccn1)C1CCCC1. The van der Waals surface area contributed by atoms with Gasteiger partial charge in [-0.3, -0.25) is 0 Å². The molecule has 5 heteroatoms. The van der Waals surface area contributed by atoms with Crippen LogP contribution in [-0.2, 0) is 0 Å². The Bertz CT molecular complexity index is 467. The first-order valence-corrected chi connectivity index (χ1v) is 7.32. The van der Waals surface area contributed by atoms with Gasteiger partial charge >= 0.3 is 0 Å². The van der Waals surface area contributed by atoms with Crippen molar-refractivity contribution >= 4 is 11.7 Å². The molecule has 1 fully saturated rings. The predicted molar refractivity (Wildman–Crippen MR) is 81.2 cm³/mol. The van der Waals surface area contributed by atoms with E-state index in [4.69, 9.17) is 10.9 Å². The van der Waals surface area contributed by atoms with Crippen molar-refractivity contribution in [3.63, 3.8) is 0 Å². The normalized spacial score (nSPS) is 16.9. The fourth-order valence-corrected chi connectivity index (χ4v) is 2.83. The second kappa shape index (κ2) is 6.59. The number of pyridine rings is 1. The molecule has 1 aromatic heterocycles. The van der Waals surface area contributed by atoms with Crippen LogP contribution in [0.1, 0.15) is 45.1 Å². The second-order valence-corrected chi connectivity index (χ2v) is 5.87. The van der Waals surface area contributed by atoms with Crippen LogP contribution < -0.4 is 10.6 Å². The van der Waals surface area contributed by atoms with Crippen LogP contribution in [0.5, 0.6) is 0 Å². The van der Waals surface area contributed by atoms with Gasteiger partial charge in [-0.05, 0) is 30.9 Å². The number of oxime groups is 1. The van der Waals surface area contributed by atoms with E-state index in [9.17, 15) is 0 Å². The molecule has 5 nitrogen and oxygen atoms in total. The molecule has 0 aromatic carbocycles. The largest absolute Gasteiger partial charge is 0.409 e. The number of nitrogens with two attached hydrogens (primary N) is 1. The zero-order valence-electron chi connectivity index (χ0n) is 12.3. The van der Waals surface area contributed by atoms with Gasteiger partial charge in [-0.25, -0.2) is 4.98 Å². The van der Waals surface area contributed by atoms with Crippen molar-refractivity contribution in [2.75, 3.05) is 11.4 Å². The Morgan fingerprint density at radius 1 is 1.50 bits per heavy atom. The number of hydrogen-bond acceptors (Lipinski definition) is 4. The minimum Gasteiger partial charge on any atom is -0.409 e. The summed E-state index contributed by atoms with van der Waals surface area (Å²) in [7, 11) is 0. The Balaban J connectivity index is 2.27. The van der Waals surface area contributed by atoms with E-state index >= 15 is 0 Å². The minimum absolute atomic E-state index is 0.129. The summed E-state index contributed by atoms with van der Waals surface area (Å²) >= 11 is 0. The molecule has 110 valence electrons. The van der Waals surface area contributed by atoms with Crippen molar-refractivity contribution in [1.29, 1.82) is 0 Å². The molecule has 2 rings (SSSR count). The molecule has 20 heavy (non-hydrogen) atoms. The fraction of sp³-hybridized carbons (Fsp3) is 0.600. The maximum absolute atomic E-state index is 8.80. The van der Waals surface area contributed by atoms with Crippen LogP contribution in [-0.4, -0.2) is 28.6 Å². The van der Waals surface area contributed by atoms with Crippen molar-refractivity contribution in [2.24, 2.45) is 16.8 Å². The molecule has 0 unspecified atom stereocenters. The van der Waals surface area contributed by atoms with Gasteiger partial charge in [0.15, 0.2) is 5.84 Å². The summed E-state index contributed by atoms with van der Waals surface area (Å²) < 4.78 is 0. The number of aromatic nitrogens is 1. The van der Waals surface area contributed by atoms with Crippen molar-refractivity contribution in [2.45, 2.75) is 45.6 Å². The Kier molecular flexibility index (Phi) is 4.82. The van der Waals surface area contributed by atoms with Gasteiger partial charge in [0.05, 0.1) is 0 Å². The molecule has 1 heterocycles. The quantitative estimate of drug-likeness (QED) is 0.375. The number of amidine groups is 1. The number of rotatable bonds is 5. The first kappa shape index (κ1) is 14.6. The molecule has 1 aliphatic rings. The highest BCUT2D eigenvalue weighted by Gasteiger charge is 2.24. The number of hydrogen-bond donors (Lipinski definition) is 2. The lowest BCUT2D eigenvalue weighted by Gasteiger charge is -2.32. The molecule has 0 saturated heterocycles. The third-order valence-corrected chi connectivity index (χ3v) is 3.77. The van der Waals surface area contributed by atoms with E-state index in [-0.39, 0.29) is 5.84 Å². The van der Waals surface area contributed by atoms with Gasteiger partial charge < -0.3 is 15.8 Å². The maximum atomic E-state index is 8.80. The standard InChI is InChI=1S/C15H24N4O/c1-11(2)10-19(13-5-3-4-6-13)14-9-12(7-8-17-14)15(16)18-20/h7-9,11,13,20H,3-6,10H2,1-2H3,(H2,16,18). The Labute approximate surface area is 120 Å². The van der Waals surface area contributed by atoms with E-state index in [0.29, 0.717) is 17.5 Å². The zero-order chi connectivity index (χ0) is 14.5. The highest BCUT2D eigenvalue weighted by molar-refractivity contribution is 5.97. The first-order valence-electron chi connectivity index (χ1n) is 7.32. The Morgan fingerprint density at radius 3 is 2.80 bits per heavy atom. The van der Waals surface area contributed by atoms with E-state index in [0.717, 1.165) is 12.4 Å². The van der Waals surface area contributed by atoms with Gasteiger partial charge in [-0.15, -0.1) is 0 Å². The van der Waals surface area contributed by atoms with Crippen LogP contribution in [0.25, 0.3) is 0 Å². The molecular formula is C15H24N4O. The fourth-order valence-electron chi connectivity index (χ4n) is 2.83. The Hall–Kier alpha value is -1.78. The summed E-state index contributed by atoms with van der Waals surface area (Å²) in [6.07, 6.45) is 6.76. The van der Waals surface area contributed by atoms with Crippen molar-refractivity contribution in [3.05, 3.63) is 23.9 Å². The van der Waals surface area contributed by atoms with Gasteiger partial charge in [-0.1, -0.05) is 31.8 Å². The summed E-state index contributed by atoms with van der Waals surface area (Å²) in [5.74, 6) is 1.63. The van der Waals surface area contributed by atoms with Crippen LogP contribution in [0.2, 0.25) is 0 Å². The molecule has 0 atom stereocenters. The smallest absolute Gasteiger partial charge is 0.170 e. The molecule has 1 aliphatic carbocycles. The van der Waals surface area contributed by atoms with Crippen molar-refractivity contribution in [3.8, 4) is 0 Å². The Morgan fingerprint density at radius 2 is 2.20 bits per heavy atom. The molecule has 0 amide bonds. The predicted octanol–water partition coefficient (Wildman–Crippen LogP) is 2.58. The lowest BCUT2D eigenvalue weighted by molar-refractivity contribution is 0.318.